The highest BCUT2D eigenvalue weighted by atomic mass is 32.2. The minimum atomic E-state index is -1.15. The van der Waals surface area contributed by atoms with E-state index in [9.17, 15) is 4.55 Å². The Morgan fingerprint density at radius 2 is 2.17 bits per heavy atom. The fourth-order valence-electron chi connectivity index (χ4n) is 0. The van der Waals surface area contributed by atoms with Crippen molar-refractivity contribution in [2.45, 2.75) is 11.9 Å². The van der Waals surface area contributed by atoms with Crippen LogP contribution in [0.3, 0.4) is 0 Å². The van der Waals surface area contributed by atoms with Crippen LogP contribution in [0.4, 0.5) is 0 Å². The first-order valence-electron chi connectivity index (χ1n) is 1.55. The van der Waals surface area contributed by atoms with Crippen molar-refractivity contribution in [3.05, 3.63) is 0 Å². The Labute approximate surface area is 43.0 Å². The molecule has 4 heteroatoms. The Hall–Kier alpha value is 0.700. The van der Waals surface area contributed by atoms with E-state index in [1.165, 1.54) is 0 Å². The van der Waals surface area contributed by atoms with Crippen LogP contribution in [0, 0.1) is 0 Å². The smallest absolute Gasteiger partial charge is 0.144 e. The van der Waals surface area contributed by atoms with Crippen LogP contribution >= 0.6 is 9.24 Å². The van der Waals surface area contributed by atoms with E-state index in [0.717, 1.165) is 0 Å². The molecule has 0 saturated heterocycles. The monoisotopic (exact) mass is 125 g/mol. The lowest BCUT2D eigenvalue weighted by Gasteiger charge is -2.04. The van der Waals surface area contributed by atoms with E-state index in [2.05, 4.69) is 9.24 Å². The minimum absolute atomic E-state index is 0.0185. The zero-order chi connectivity index (χ0) is 5.15. The van der Waals surface area contributed by atoms with E-state index in [1.54, 1.807) is 6.92 Å². The molecule has 2 nitrogen and oxygen atoms in total. The van der Waals surface area contributed by atoms with Crippen molar-refractivity contribution in [3.63, 3.8) is 0 Å². The Bertz CT molecular complexity index is 34.5. The molecule has 0 saturated carbocycles. The normalized spacial score (nSPS) is 20.0. The van der Waals surface area contributed by atoms with Crippen LogP contribution < -0.4 is 5.14 Å². The van der Waals surface area contributed by atoms with Gasteiger partial charge in [-0.15, -0.1) is 0 Å². The quantitative estimate of drug-likeness (QED) is 0.390. The van der Waals surface area contributed by atoms with Gasteiger partial charge in [-0.3, -0.25) is 0 Å². The van der Waals surface area contributed by atoms with Gasteiger partial charge >= 0.3 is 0 Å². The maximum Gasteiger partial charge on any atom is 0.144 e. The van der Waals surface area contributed by atoms with Gasteiger partial charge in [0.05, 0.1) is 0 Å². The predicted octanol–water partition coefficient (Wildman–Crippen LogP) is -0.170. The third-order valence-corrected chi connectivity index (χ3v) is 1.90. The lowest BCUT2D eigenvalue weighted by molar-refractivity contribution is 0.595. The largest absolute Gasteiger partial charge is 0.598 e. The molecule has 38 valence electrons. The van der Waals surface area contributed by atoms with Crippen molar-refractivity contribution in [2.24, 2.45) is 5.14 Å². The summed E-state index contributed by atoms with van der Waals surface area (Å²) >= 11 is -1.15. The minimum Gasteiger partial charge on any atom is -0.598 e. The van der Waals surface area contributed by atoms with Gasteiger partial charge in [-0.1, -0.05) is 9.24 Å². The van der Waals surface area contributed by atoms with Gasteiger partial charge in [0.25, 0.3) is 0 Å². The SMILES string of the molecule is CC(P)[S+](N)[O-]. The van der Waals surface area contributed by atoms with Gasteiger partial charge in [0, 0.05) is 11.4 Å². The molecule has 0 fully saturated rings. The summed E-state index contributed by atoms with van der Waals surface area (Å²) in [7, 11) is 2.35. The summed E-state index contributed by atoms with van der Waals surface area (Å²) in [5.41, 5.74) is 0. The molecule has 0 aliphatic carbocycles. The summed E-state index contributed by atoms with van der Waals surface area (Å²) in [6.07, 6.45) is 0. The molecule has 3 atom stereocenters. The van der Waals surface area contributed by atoms with E-state index in [1.807, 2.05) is 0 Å². The molecule has 0 aliphatic heterocycles. The fourth-order valence-corrected chi connectivity index (χ4v) is 0. The summed E-state index contributed by atoms with van der Waals surface area (Å²) in [5.74, 6) is 0. The molecule has 3 unspecified atom stereocenters. The highest BCUT2D eigenvalue weighted by Gasteiger charge is 2.01. The average Bonchev–Trinajstić information content (AvgIpc) is 1.36. The lowest BCUT2D eigenvalue weighted by atomic mass is 11.0. The zero-order valence-electron chi connectivity index (χ0n) is 3.55. The molecule has 0 bridgehead atoms. The molecule has 0 rings (SSSR count). The standard InChI is InChI=1S/C2H8NOPS/c1-2(5)6(3)4/h2H,3,5H2,1H3. The predicted molar refractivity (Wildman–Crippen MR) is 31.5 cm³/mol. The van der Waals surface area contributed by atoms with Crippen LogP contribution in [0.15, 0.2) is 0 Å². The topological polar surface area (TPSA) is 49.1 Å². The lowest BCUT2D eigenvalue weighted by Crippen LogP contribution is -2.20. The van der Waals surface area contributed by atoms with Gasteiger partial charge < -0.3 is 4.55 Å². The second-order valence-electron chi connectivity index (χ2n) is 1.03. The van der Waals surface area contributed by atoms with Crippen molar-refractivity contribution >= 4 is 20.6 Å². The van der Waals surface area contributed by atoms with Crippen LogP contribution in [-0.4, -0.2) is 9.54 Å². The first kappa shape index (κ1) is 6.70. The summed E-state index contributed by atoms with van der Waals surface area (Å²) < 4.78 is 10.0. The molecule has 0 radical (unpaired) electrons. The zero-order valence-corrected chi connectivity index (χ0v) is 5.52. The van der Waals surface area contributed by atoms with Gasteiger partial charge in [-0.25, -0.2) is 0 Å². The first-order chi connectivity index (χ1) is 2.64. The molecular formula is C2H8NOPS. The molecule has 0 amide bonds. The van der Waals surface area contributed by atoms with E-state index in [-0.39, 0.29) is 4.99 Å². The van der Waals surface area contributed by atoms with E-state index < -0.39 is 11.4 Å². The van der Waals surface area contributed by atoms with Gasteiger partial charge in [-0.2, -0.15) is 5.14 Å². The third-order valence-electron chi connectivity index (χ3n) is 0.366. The molecular weight excluding hydrogens is 117 g/mol. The van der Waals surface area contributed by atoms with Gasteiger partial charge in [0.15, 0.2) is 0 Å². The van der Waals surface area contributed by atoms with Crippen LogP contribution in [0.1, 0.15) is 6.92 Å². The molecule has 0 spiro atoms. The van der Waals surface area contributed by atoms with Crippen molar-refractivity contribution in [1.29, 1.82) is 0 Å². The summed E-state index contributed by atoms with van der Waals surface area (Å²) in [4.78, 5) is 0.0185. The molecule has 6 heavy (non-hydrogen) atoms. The Kier molecular flexibility index (Phi) is 3.13. The molecule has 0 heterocycles. The van der Waals surface area contributed by atoms with E-state index >= 15 is 0 Å². The Morgan fingerprint density at radius 1 is 2.00 bits per heavy atom. The highest BCUT2D eigenvalue weighted by molar-refractivity contribution is 7.93. The van der Waals surface area contributed by atoms with Gasteiger partial charge in [0.2, 0.25) is 0 Å². The van der Waals surface area contributed by atoms with Crippen molar-refractivity contribution in [2.75, 3.05) is 0 Å². The maximum atomic E-state index is 10.0. The van der Waals surface area contributed by atoms with Crippen molar-refractivity contribution in [3.8, 4) is 0 Å². The number of nitrogens with two attached hydrogens (primary N) is 1. The summed E-state index contributed by atoms with van der Waals surface area (Å²) in [6.45, 7) is 1.78. The second-order valence-corrected chi connectivity index (χ2v) is 3.92. The second kappa shape index (κ2) is 2.80. The third kappa shape index (κ3) is 2.91. The van der Waals surface area contributed by atoms with Gasteiger partial charge in [0.1, 0.15) is 4.99 Å². The van der Waals surface area contributed by atoms with Crippen molar-refractivity contribution < 1.29 is 4.55 Å². The number of rotatable bonds is 1. The van der Waals surface area contributed by atoms with Crippen LogP contribution in [0.2, 0.25) is 0 Å². The fraction of sp³-hybridized carbons (Fsp3) is 1.00. The van der Waals surface area contributed by atoms with Gasteiger partial charge in [-0.05, 0) is 6.92 Å². The average molecular weight is 125 g/mol. The molecule has 0 aromatic carbocycles. The molecule has 0 aromatic heterocycles. The molecule has 2 N–H and O–H groups in total. The molecule has 0 aliphatic rings. The Morgan fingerprint density at radius 3 is 2.17 bits per heavy atom. The van der Waals surface area contributed by atoms with E-state index in [4.69, 9.17) is 5.14 Å². The maximum absolute atomic E-state index is 10.0. The van der Waals surface area contributed by atoms with Crippen LogP contribution in [0.25, 0.3) is 0 Å². The summed E-state index contributed by atoms with van der Waals surface area (Å²) in [6, 6.07) is 0. The Balaban J connectivity index is 2.99. The number of hydrogen-bond donors (Lipinski definition) is 1. The molecule has 0 aromatic rings. The number of hydrogen-bond acceptors (Lipinski definition) is 2. The summed E-state index contributed by atoms with van der Waals surface area (Å²) in [5, 5.41) is 4.89. The van der Waals surface area contributed by atoms with Crippen molar-refractivity contribution in [1.82, 2.24) is 0 Å². The van der Waals surface area contributed by atoms with E-state index in [0.29, 0.717) is 0 Å². The van der Waals surface area contributed by atoms with Crippen LogP contribution in [0.5, 0.6) is 0 Å². The first-order valence-corrected chi connectivity index (χ1v) is 3.49. The van der Waals surface area contributed by atoms with Crippen LogP contribution in [-0.2, 0) is 11.4 Å². The highest BCUT2D eigenvalue weighted by Crippen LogP contribution is 2.01.